The first kappa shape index (κ1) is 17.0. The summed E-state index contributed by atoms with van der Waals surface area (Å²) in [7, 11) is -1.46. The molecule has 1 aliphatic rings. The number of imidazole rings is 1. The molecule has 1 amide bonds. The second-order valence-electron chi connectivity index (χ2n) is 5.68. The highest BCUT2D eigenvalue weighted by Crippen LogP contribution is 2.18. The molecule has 2 rings (SSSR count). The van der Waals surface area contributed by atoms with Crippen molar-refractivity contribution in [2.24, 2.45) is 0 Å². The van der Waals surface area contributed by atoms with Crippen LogP contribution in [-0.2, 0) is 25.9 Å². The Balaban J connectivity index is 2.11. The molecule has 8 heteroatoms. The number of methoxy groups -OCH3 is 1. The molecule has 0 aromatic carbocycles. The number of aryl methyl sites for hydroxylation is 1. The third kappa shape index (κ3) is 3.86. The van der Waals surface area contributed by atoms with Gasteiger partial charge in [0.25, 0.3) is 0 Å². The molecule has 0 radical (unpaired) electrons. The van der Waals surface area contributed by atoms with Crippen molar-refractivity contribution in [1.29, 1.82) is 0 Å². The first-order chi connectivity index (χ1) is 10.3. The third-order valence-electron chi connectivity index (χ3n) is 4.16. The lowest BCUT2D eigenvalue weighted by molar-refractivity contribution is -0.134. The lowest BCUT2D eigenvalue weighted by Gasteiger charge is -2.28. The fourth-order valence-electron chi connectivity index (χ4n) is 2.66. The Kier molecular flexibility index (Phi) is 5.23. The maximum atomic E-state index is 12.6. The number of nitrogens with zero attached hydrogens (tertiary/aromatic N) is 3. The molecule has 7 nitrogen and oxygen atoms in total. The minimum atomic E-state index is -3.03. The largest absolute Gasteiger partial charge is 0.383 e. The van der Waals surface area contributed by atoms with Gasteiger partial charge in [-0.3, -0.25) is 4.79 Å². The molecule has 22 heavy (non-hydrogen) atoms. The maximum absolute atomic E-state index is 12.6. The van der Waals surface area contributed by atoms with Crippen molar-refractivity contribution in [2.75, 3.05) is 31.8 Å². The van der Waals surface area contributed by atoms with Gasteiger partial charge in [0.05, 0.1) is 30.1 Å². The lowest BCUT2D eigenvalue weighted by atomic mass is 10.2. The molecular weight excluding hydrogens is 306 g/mol. The number of ether oxygens (including phenoxy) is 1. The molecule has 0 bridgehead atoms. The molecule has 1 aliphatic heterocycles. The van der Waals surface area contributed by atoms with E-state index in [2.05, 4.69) is 4.98 Å². The quantitative estimate of drug-likeness (QED) is 0.743. The van der Waals surface area contributed by atoms with Crippen LogP contribution in [0.4, 0.5) is 0 Å². The summed E-state index contributed by atoms with van der Waals surface area (Å²) in [5.74, 6) is 0.0989. The minimum Gasteiger partial charge on any atom is -0.383 e. The molecule has 1 saturated heterocycles. The van der Waals surface area contributed by atoms with E-state index in [4.69, 9.17) is 4.74 Å². The summed E-state index contributed by atoms with van der Waals surface area (Å²) >= 11 is 0. The average molecular weight is 329 g/mol. The summed E-state index contributed by atoms with van der Waals surface area (Å²) in [6.07, 6.45) is 2.14. The smallest absolute Gasteiger partial charge is 0.242 e. The van der Waals surface area contributed by atoms with Gasteiger partial charge in [-0.25, -0.2) is 13.4 Å². The van der Waals surface area contributed by atoms with Crippen molar-refractivity contribution in [1.82, 2.24) is 14.5 Å². The molecule has 1 atom stereocenters. The van der Waals surface area contributed by atoms with Crippen molar-refractivity contribution >= 4 is 15.7 Å². The van der Waals surface area contributed by atoms with Crippen LogP contribution >= 0.6 is 0 Å². The van der Waals surface area contributed by atoms with Crippen LogP contribution in [0.15, 0.2) is 6.33 Å². The average Bonchev–Trinajstić information content (AvgIpc) is 2.96. The van der Waals surface area contributed by atoms with Crippen molar-refractivity contribution in [3.05, 3.63) is 17.7 Å². The molecular formula is C14H23N3O4S. The molecule has 0 spiro atoms. The van der Waals surface area contributed by atoms with Gasteiger partial charge >= 0.3 is 0 Å². The van der Waals surface area contributed by atoms with Gasteiger partial charge in [0.2, 0.25) is 5.91 Å². The molecule has 124 valence electrons. The number of amides is 1. The summed E-state index contributed by atoms with van der Waals surface area (Å²) in [4.78, 5) is 18.4. The summed E-state index contributed by atoms with van der Waals surface area (Å²) in [5.41, 5.74) is 1.83. The number of hydrogen-bond donors (Lipinski definition) is 0. The highest BCUT2D eigenvalue weighted by Gasteiger charge is 2.34. The van der Waals surface area contributed by atoms with Gasteiger partial charge in [-0.2, -0.15) is 0 Å². The fourth-order valence-corrected chi connectivity index (χ4v) is 4.39. The summed E-state index contributed by atoms with van der Waals surface area (Å²) in [6, 6.07) is -0.252. The topological polar surface area (TPSA) is 81.5 Å². The Labute approximate surface area is 131 Å². The highest BCUT2D eigenvalue weighted by atomic mass is 32.2. The first-order valence-electron chi connectivity index (χ1n) is 7.31. The van der Waals surface area contributed by atoms with Gasteiger partial charge in [-0.1, -0.05) is 0 Å². The summed E-state index contributed by atoms with van der Waals surface area (Å²) in [5, 5.41) is 0. The third-order valence-corrected chi connectivity index (χ3v) is 5.91. The zero-order chi connectivity index (χ0) is 16.3. The first-order valence-corrected chi connectivity index (χ1v) is 9.13. The molecule has 1 aromatic heterocycles. The molecule has 1 fully saturated rings. The number of sulfone groups is 1. The summed E-state index contributed by atoms with van der Waals surface area (Å²) in [6.45, 7) is 4.77. The normalized spacial score (nSPS) is 20.2. The van der Waals surface area contributed by atoms with Crippen LogP contribution in [0.5, 0.6) is 0 Å². The Bertz CT molecular complexity index is 639. The molecule has 0 N–H and O–H groups in total. The monoisotopic (exact) mass is 329 g/mol. The van der Waals surface area contributed by atoms with Gasteiger partial charge < -0.3 is 14.2 Å². The van der Waals surface area contributed by atoms with Crippen molar-refractivity contribution in [2.45, 2.75) is 32.9 Å². The molecule has 0 saturated carbocycles. The predicted molar refractivity (Wildman–Crippen MR) is 82.3 cm³/mol. The van der Waals surface area contributed by atoms with Gasteiger partial charge in [0.1, 0.15) is 6.54 Å². The van der Waals surface area contributed by atoms with Crippen LogP contribution in [-0.4, -0.2) is 66.6 Å². The Morgan fingerprint density at radius 3 is 2.73 bits per heavy atom. The fraction of sp³-hybridized carbons (Fsp3) is 0.714. The maximum Gasteiger partial charge on any atom is 0.242 e. The Morgan fingerprint density at radius 2 is 2.23 bits per heavy atom. The SMILES string of the molecule is COCCN(C(=O)Cn1cnc(C)c1C)[C@H]1CCS(=O)(=O)C1. The Hall–Kier alpha value is -1.41. The van der Waals surface area contributed by atoms with E-state index >= 15 is 0 Å². The van der Waals surface area contributed by atoms with Crippen LogP contribution in [0.1, 0.15) is 17.8 Å². The number of carbonyl (C=O) groups is 1. The highest BCUT2D eigenvalue weighted by molar-refractivity contribution is 7.91. The van der Waals surface area contributed by atoms with E-state index in [0.717, 1.165) is 11.4 Å². The number of rotatable bonds is 6. The van der Waals surface area contributed by atoms with Crippen LogP contribution < -0.4 is 0 Å². The minimum absolute atomic E-state index is 0.0460. The molecule has 0 unspecified atom stereocenters. The van der Waals surface area contributed by atoms with E-state index in [0.29, 0.717) is 19.6 Å². The second kappa shape index (κ2) is 6.78. The van der Waals surface area contributed by atoms with Crippen LogP contribution in [0.3, 0.4) is 0 Å². The van der Waals surface area contributed by atoms with Crippen LogP contribution in [0.2, 0.25) is 0 Å². The van der Waals surface area contributed by atoms with E-state index in [-0.39, 0.29) is 30.0 Å². The Morgan fingerprint density at radius 1 is 1.50 bits per heavy atom. The van der Waals surface area contributed by atoms with Gasteiger partial charge in [-0.05, 0) is 20.3 Å². The van der Waals surface area contributed by atoms with Crippen LogP contribution in [0, 0.1) is 13.8 Å². The van der Waals surface area contributed by atoms with E-state index < -0.39 is 9.84 Å². The second-order valence-corrected chi connectivity index (χ2v) is 7.91. The summed E-state index contributed by atoms with van der Waals surface area (Å²) < 4.78 is 30.2. The van der Waals surface area contributed by atoms with E-state index in [1.54, 1.807) is 22.9 Å². The predicted octanol–water partition coefficient (Wildman–Crippen LogP) is 0.162. The lowest BCUT2D eigenvalue weighted by Crippen LogP contribution is -2.44. The van der Waals surface area contributed by atoms with E-state index in [1.807, 2.05) is 13.8 Å². The standard InChI is InChI=1S/C14H23N3O4S/c1-11-12(2)16(10-15-11)8-14(18)17(5-6-21-3)13-4-7-22(19,20)9-13/h10,13H,4-9H2,1-3H3/t13-/m0/s1. The molecule has 2 heterocycles. The zero-order valence-corrected chi connectivity index (χ0v) is 14.1. The zero-order valence-electron chi connectivity index (χ0n) is 13.3. The van der Waals surface area contributed by atoms with Gasteiger partial charge in [-0.15, -0.1) is 0 Å². The molecule has 0 aliphatic carbocycles. The number of hydrogen-bond acceptors (Lipinski definition) is 5. The van der Waals surface area contributed by atoms with E-state index in [1.165, 1.54) is 0 Å². The van der Waals surface area contributed by atoms with Crippen molar-refractivity contribution in [3.63, 3.8) is 0 Å². The number of carbonyl (C=O) groups excluding carboxylic acids is 1. The molecule has 1 aromatic rings. The van der Waals surface area contributed by atoms with Gasteiger partial charge in [0, 0.05) is 25.4 Å². The van der Waals surface area contributed by atoms with E-state index in [9.17, 15) is 13.2 Å². The van der Waals surface area contributed by atoms with Gasteiger partial charge in [0.15, 0.2) is 9.84 Å². The number of aromatic nitrogens is 2. The van der Waals surface area contributed by atoms with Crippen molar-refractivity contribution < 1.29 is 17.9 Å². The van der Waals surface area contributed by atoms with Crippen molar-refractivity contribution in [3.8, 4) is 0 Å². The van der Waals surface area contributed by atoms with Crippen LogP contribution in [0.25, 0.3) is 0 Å².